The van der Waals surface area contributed by atoms with E-state index >= 15 is 0 Å². The van der Waals surface area contributed by atoms with Crippen molar-refractivity contribution < 1.29 is 0 Å². The summed E-state index contributed by atoms with van der Waals surface area (Å²) in [5.41, 5.74) is 9.79. The van der Waals surface area contributed by atoms with E-state index in [0.29, 0.717) is 16.6 Å². The van der Waals surface area contributed by atoms with Crippen LogP contribution in [0, 0.1) is 5.41 Å². The summed E-state index contributed by atoms with van der Waals surface area (Å²) in [4.78, 5) is 2.25. The van der Waals surface area contributed by atoms with Gasteiger partial charge in [0, 0.05) is 11.7 Å². The second kappa shape index (κ2) is 5.41. The Hall–Kier alpha value is -2.00. The van der Waals surface area contributed by atoms with Crippen LogP contribution in [0.25, 0.3) is 0 Å². The zero-order chi connectivity index (χ0) is 15.0. The third-order valence-electron chi connectivity index (χ3n) is 4.04. The highest BCUT2D eigenvalue weighted by molar-refractivity contribution is 6.34. The molecule has 21 heavy (non-hydrogen) atoms. The van der Waals surface area contributed by atoms with Crippen LogP contribution in [-0.2, 0) is 6.42 Å². The molecule has 1 aliphatic heterocycles. The maximum atomic E-state index is 7.85. The van der Waals surface area contributed by atoms with Crippen molar-refractivity contribution in [2.24, 2.45) is 5.73 Å². The molecule has 0 fully saturated rings. The van der Waals surface area contributed by atoms with Gasteiger partial charge in [0.2, 0.25) is 0 Å². The maximum Gasteiger partial charge on any atom is 0.126 e. The van der Waals surface area contributed by atoms with E-state index in [4.69, 9.17) is 22.7 Å². The monoisotopic (exact) mass is 299 g/mol. The number of nitrogens with one attached hydrogen (secondary N) is 1. The number of halogens is 1. The largest absolute Gasteiger partial charge is 0.384 e. The third kappa shape index (κ3) is 2.38. The highest BCUT2D eigenvalue weighted by Crippen LogP contribution is 2.39. The van der Waals surface area contributed by atoms with Crippen LogP contribution in [0.15, 0.2) is 42.5 Å². The van der Waals surface area contributed by atoms with Crippen LogP contribution in [-0.4, -0.2) is 11.9 Å². The second-order valence-electron chi connectivity index (χ2n) is 5.43. The number of nitrogens with zero attached hydrogens (tertiary/aromatic N) is 1. The average molecular weight is 300 g/mol. The Kier molecular flexibility index (Phi) is 3.60. The predicted molar refractivity (Wildman–Crippen MR) is 88.8 cm³/mol. The van der Waals surface area contributed by atoms with Crippen molar-refractivity contribution in [1.82, 2.24) is 0 Å². The van der Waals surface area contributed by atoms with E-state index in [-0.39, 0.29) is 5.84 Å². The number of benzene rings is 2. The molecule has 3 rings (SSSR count). The molecule has 0 saturated heterocycles. The summed E-state index contributed by atoms with van der Waals surface area (Å²) >= 11 is 6.27. The molecule has 1 unspecified atom stereocenters. The number of hydrogen-bond donors (Lipinski definition) is 2. The number of amidine groups is 1. The van der Waals surface area contributed by atoms with Crippen LogP contribution in [0.5, 0.6) is 0 Å². The molecule has 0 spiro atoms. The zero-order valence-corrected chi connectivity index (χ0v) is 12.7. The number of hydrogen-bond acceptors (Lipinski definition) is 2. The molecule has 2 aromatic carbocycles. The first-order valence-corrected chi connectivity index (χ1v) is 7.47. The molecule has 2 aromatic rings. The van der Waals surface area contributed by atoms with Gasteiger partial charge in [-0.15, -0.1) is 0 Å². The van der Waals surface area contributed by atoms with Crippen molar-refractivity contribution in [2.75, 3.05) is 4.90 Å². The van der Waals surface area contributed by atoms with E-state index in [1.807, 2.05) is 18.2 Å². The van der Waals surface area contributed by atoms with Gasteiger partial charge in [-0.1, -0.05) is 35.9 Å². The number of nitrogen functional groups attached to an aromatic ring is 1. The Bertz CT molecular complexity index is 696. The van der Waals surface area contributed by atoms with E-state index in [9.17, 15) is 0 Å². The van der Waals surface area contributed by atoms with Crippen molar-refractivity contribution in [3.8, 4) is 0 Å². The number of para-hydroxylation sites is 1. The molecule has 0 radical (unpaired) electrons. The molecule has 0 amide bonds. The quantitative estimate of drug-likeness (QED) is 0.648. The molecule has 1 aliphatic rings. The Morgan fingerprint density at radius 1 is 1.19 bits per heavy atom. The lowest BCUT2D eigenvalue weighted by atomic mass is 9.95. The van der Waals surface area contributed by atoms with Crippen LogP contribution in [0.2, 0.25) is 5.02 Å². The van der Waals surface area contributed by atoms with Gasteiger partial charge in [0.15, 0.2) is 0 Å². The Balaban J connectivity index is 2.21. The first kappa shape index (κ1) is 14.0. The molecule has 3 nitrogen and oxygen atoms in total. The topological polar surface area (TPSA) is 53.1 Å². The van der Waals surface area contributed by atoms with Crippen molar-refractivity contribution in [3.05, 3.63) is 58.6 Å². The maximum absolute atomic E-state index is 7.85. The highest BCUT2D eigenvalue weighted by atomic mass is 35.5. The lowest BCUT2D eigenvalue weighted by Gasteiger charge is -2.38. The predicted octanol–water partition coefficient (Wildman–Crippen LogP) is 4.10. The molecule has 0 bridgehead atoms. The van der Waals surface area contributed by atoms with E-state index in [1.165, 1.54) is 11.3 Å². The van der Waals surface area contributed by atoms with E-state index in [1.54, 1.807) is 6.07 Å². The van der Waals surface area contributed by atoms with Gasteiger partial charge < -0.3 is 10.6 Å². The number of fused-ring (bicyclic) bond motifs is 1. The summed E-state index contributed by atoms with van der Waals surface area (Å²) in [6.07, 6.45) is 2.14. The molecule has 1 heterocycles. The van der Waals surface area contributed by atoms with Crippen LogP contribution in [0.4, 0.5) is 11.4 Å². The number of aryl methyl sites for hydroxylation is 1. The fourth-order valence-corrected chi connectivity index (χ4v) is 3.31. The standard InChI is InChI=1S/C17H18ClN3/c1-11-9-10-12-5-2-3-7-14(12)21(11)15-8-4-6-13(18)16(15)17(19)20/h2-8,11H,9-10H2,1H3,(H3,19,20). The lowest BCUT2D eigenvalue weighted by Crippen LogP contribution is -2.34. The number of rotatable bonds is 2. The lowest BCUT2D eigenvalue weighted by molar-refractivity contribution is 0.618. The van der Waals surface area contributed by atoms with Gasteiger partial charge in [0.25, 0.3) is 0 Å². The third-order valence-corrected chi connectivity index (χ3v) is 4.36. The first-order valence-electron chi connectivity index (χ1n) is 7.09. The molecule has 0 aromatic heterocycles. The highest BCUT2D eigenvalue weighted by Gasteiger charge is 2.27. The smallest absolute Gasteiger partial charge is 0.126 e. The minimum atomic E-state index is 0.00542. The van der Waals surface area contributed by atoms with Crippen molar-refractivity contribution in [3.63, 3.8) is 0 Å². The Morgan fingerprint density at radius 2 is 1.90 bits per heavy atom. The molecule has 0 saturated carbocycles. The van der Waals surface area contributed by atoms with Gasteiger partial charge >= 0.3 is 0 Å². The second-order valence-corrected chi connectivity index (χ2v) is 5.84. The fourth-order valence-electron chi connectivity index (χ4n) is 3.04. The molecule has 108 valence electrons. The molecule has 0 aliphatic carbocycles. The normalized spacial score (nSPS) is 17.4. The van der Waals surface area contributed by atoms with Crippen molar-refractivity contribution >= 4 is 28.8 Å². The van der Waals surface area contributed by atoms with Gasteiger partial charge in [-0.05, 0) is 43.5 Å². The minimum absolute atomic E-state index is 0.00542. The first-order chi connectivity index (χ1) is 10.1. The summed E-state index contributed by atoms with van der Waals surface area (Å²) in [5.74, 6) is 0.00542. The Morgan fingerprint density at radius 3 is 2.67 bits per heavy atom. The summed E-state index contributed by atoms with van der Waals surface area (Å²) in [6, 6.07) is 14.4. The summed E-state index contributed by atoms with van der Waals surface area (Å²) in [7, 11) is 0. The van der Waals surface area contributed by atoms with Gasteiger partial charge in [0.1, 0.15) is 5.84 Å². The molecule has 4 heteroatoms. The summed E-state index contributed by atoms with van der Waals surface area (Å²) in [5, 5.41) is 8.38. The number of anilines is 2. The van der Waals surface area contributed by atoms with Crippen molar-refractivity contribution in [1.29, 1.82) is 5.41 Å². The van der Waals surface area contributed by atoms with Gasteiger partial charge in [0.05, 0.1) is 16.3 Å². The summed E-state index contributed by atoms with van der Waals surface area (Å²) < 4.78 is 0. The zero-order valence-electron chi connectivity index (χ0n) is 11.9. The van der Waals surface area contributed by atoms with Crippen LogP contribution < -0.4 is 10.6 Å². The molecule has 1 atom stereocenters. The Labute approximate surface area is 129 Å². The average Bonchev–Trinajstić information content (AvgIpc) is 2.46. The van der Waals surface area contributed by atoms with Gasteiger partial charge in [-0.2, -0.15) is 0 Å². The molecule has 3 N–H and O–H groups in total. The summed E-state index contributed by atoms with van der Waals surface area (Å²) in [6.45, 7) is 2.20. The van der Waals surface area contributed by atoms with Gasteiger partial charge in [-0.25, -0.2) is 0 Å². The fraction of sp³-hybridized carbons (Fsp3) is 0.235. The minimum Gasteiger partial charge on any atom is -0.384 e. The molecular formula is C17H18ClN3. The van der Waals surface area contributed by atoms with Crippen LogP contribution in [0.1, 0.15) is 24.5 Å². The van der Waals surface area contributed by atoms with E-state index in [0.717, 1.165) is 18.5 Å². The van der Waals surface area contributed by atoms with Gasteiger partial charge in [-0.3, -0.25) is 5.41 Å². The van der Waals surface area contributed by atoms with E-state index in [2.05, 4.69) is 30.0 Å². The van der Waals surface area contributed by atoms with Crippen molar-refractivity contribution in [2.45, 2.75) is 25.8 Å². The SMILES string of the molecule is CC1CCc2ccccc2N1c1cccc(Cl)c1C(=N)N. The molecular weight excluding hydrogens is 282 g/mol. The van der Waals surface area contributed by atoms with E-state index < -0.39 is 0 Å². The van der Waals surface area contributed by atoms with Crippen LogP contribution >= 0.6 is 11.6 Å². The number of nitrogens with two attached hydrogens (primary N) is 1. The van der Waals surface area contributed by atoms with Crippen LogP contribution in [0.3, 0.4) is 0 Å².